The molecule has 1 fully saturated rings. The number of ether oxygens (including phenoxy) is 1. The second kappa shape index (κ2) is 8.29. The third-order valence-electron chi connectivity index (χ3n) is 4.16. The van der Waals surface area contributed by atoms with E-state index in [9.17, 15) is 4.79 Å². The van der Waals surface area contributed by atoms with E-state index in [1.54, 1.807) is 10.3 Å². The third-order valence-corrected chi connectivity index (χ3v) is 6.12. The van der Waals surface area contributed by atoms with E-state index >= 15 is 0 Å². The molecular formula is C18H20N6O2S2. The Balaban J connectivity index is 1.45. The van der Waals surface area contributed by atoms with Gasteiger partial charge in [0.2, 0.25) is 5.91 Å². The lowest BCUT2D eigenvalue weighted by atomic mass is 10.2. The van der Waals surface area contributed by atoms with Gasteiger partial charge in [-0.15, -0.1) is 0 Å². The van der Waals surface area contributed by atoms with E-state index in [2.05, 4.69) is 31.3 Å². The van der Waals surface area contributed by atoms with Crippen molar-refractivity contribution in [1.29, 1.82) is 0 Å². The van der Waals surface area contributed by atoms with E-state index in [4.69, 9.17) is 4.74 Å². The molecule has 1 N–H and O–H groups in total. The number of aromatic nitrogens is 4. The lowest BCUT2D eigenvalue weighted by Crippen LogP contribution is -2.36. The van der Waals surface area contributed by atoms with E-state index in [0.29, 0.717) is 5.13 Å². The lowest BCUT2D eigenvalue weighted by molar-refractivity contribution is -0.114. The van der Waals surface area contributed by atoms with E-state index in [1.165, 1.54) is 30.2 Å². The summed E-state index contributed by atoms with van der Waals surface area (Å²) in [4.78, 5) is 24.4. The van der Waals surface area contributed by atoms with Gasteiger partial charge in [-0.05, 0) is 19.1 Å². The Morgan fingerprint density at radius 2 is 2.11 bits per heavy atom. The van der Waals surface area contributed by atoms with Crippen molar-refractivity contribution in [1.82, 2.24) is 19.2 Å². The van der Waals surface area contributed by atoms with E-state index in [0.717, 1.165) is 53.2 Å². The number of rotatable bonds is 5. The normalized spacial score (nSPS) is 14.3. The number of thiazole rings is 1. The maximum atomic E-state index is 11.2. The summed E-state index contributed by atoms with van der Waals surface area (Å²) in [6.45, 7) is 6.64. The summed E-state index contributed by atoms with van der Waals surface area (Å²) in [5, 5.41) is 7.76. The summed E-state index contributed by atoms with van der Waals surface area (Å²) in [6.07, 6.45) is 5.63. The van der Waals surface area contributed by atoms with Crippen LogP contribution in [0.4, 0.5) is 10.9 Å². The van der Waals surface area contributed by atoms with E-state index in [-0.39, 0.29) is 5.91 Å². The number of nitrogens with zero attached hydrogens (tertiary/aromatic N) is 5. The Bertz CT molecular complexity index is 963. The molecule has 1 aliphatic rings. The fourth-order valence-corrected chi connectivity index (χ4v) is 4.55. The molecule has 1 aliphatic heterocycles. The predicted molar refractivity (Wildman–Crippen MR) is 111 cm³/mol. The van der Waals surface area contributed by atoms with Crippen LogP contribution in [0.1, 0.15) is 12.6 Å². The highest BCUT2D eigenvalue weighted by Crippen LogP contribution is 2.33. The summed E-state index contributed by atoms with van der Waals surface area (Å²) < 4.78 is 7.19. The zero-order valence-corrected chi connectivity index (χ0v) is 17.2. The van der Waals surface area contributed by atoms with Gasteiger partial charge in [-0.25, -0.2) is 14.1 Å². The standard InChI is InChI=1S/C18H20N6O2S2/c1-12-17(27-18(21-12)22-13(2)25)14-9-20-24(11-14)28-15-3-4-16(19-10-15)23-5-7-26-8-6-23/h3-4,9-11H,5-8H2,1-2H3,(H,21,22,25). The zero-order valence-electron chi connectivity index (χ0n) is 15.6. The van der Waals surface area contributed by atoms with Gasteiger partial charge in [-0.1, -0.05) is 11.3 Å². The average molecular weight is 417 g/mol. The number of carbonyl (C=O) groups excluding carboxylic acids is 1. The Labute approximate surface area is 171 Å². The molecule has 1 saturated heterocycles. The maximum absolute atomic E-state index is 11.2. The first-order valence-corrected chi connectivity index (χ1v) is 10.4. The molecule has 8 nitrogen and oxygen atoms in total. The molecule has 0 aliphatic carbocycles. The largest absolute Gasteiger partial charge is 0.378 e. The quantitative estimate of drug-likeness (QED) is 0.684. The molecule has 28 heavy (non-hydrogen) atoms. The topological polar surface area (TPSA) is 85.2 Å². The Hall–Kier alpha value is -2.43. The second-order valence-corrected chi connectivity index (χ2v) is 8.32. The van der Waals surface area contributed by atoms with Gasteiger partial charge in [0.05, 0.1) is 30.0 Å². The minimum absolute atomic E-state index is 0.125. The molecular weight excluding hydrogens is 396 g/mol. The first-order valence-electron chi connectivity index (χ1n) is 8.85. The predicted octanol–water partition coefficient (Wildman–Crippen LogP) is 3.06. The minimum Gasteiger partial charge on any atom is -0.378 e. The van der Waals surface area contributed by atoms with Crippen molar-refractivity contribution in [3.05, 3.63) is 36.4 Å². The molecule has 0 atom stereocenters. The smallest absolute Gasteiger partial charge is 0.223 e. The minimum atomic E-state index is -0.125. The number of pyridine rings is 1. The summed E-state index contributed by atoms with van der Waals surface area (Å²) in [7, 11) is 0. The fraction of sp³-hybridized carbons (Fsp3) is 0.333. The van der Waals surface area contributed by atoms with Gasteiger partial charge in [-0.2, -0.15) is 5.10 Å². The van der Waals surface area contributed by atoms with Gasteiger partial charge in [0.25, 0.3) is 0 Å². The van der Waals surface area contributed by atoms with Crippen LogP contribution in [0.2, 0.25) is 0 Å². The van der Waals surface area contributed by atoms with Crippen LogP contribution >= 0.6 is 23.3 Å². The number of morpholine rings is 1. The van der Waals surface area contributed by atoms with Crippen LogP contribution < -0.4 is 10.2 Å². The van der Waals surface area contributed by atoms with Crippen molar-refractivity contribution in [3.8, 4) is 10.4 Å². The molecule has 0 saturated carbocycles. The van der Waals surface area contributed by atoms with Gasteiger partial charge >= 0.3 is 0 Å². The first kappa shape index (κ1) is 18.9. The van der Waals surface area contributed by atoms with Gasteiger partial charge in [0, 0.05) is 54.8 Å². The number of aryl methyl sites for hydroxylation is 1. The SMILES string of the molecule is CC(=O)Nc1nc(C)c(-c2cnn(Sc3ccc(N4CCOCC4)nc3)c2)s1. The molecule has 1 amide bonds. The summed E-state index contributed by atoms with van der Waals surface area (Å²) >= 11 is 2.94. The van der Waals surface area contributed by atoms with Crippen LogP contribution in [-0.4, -0.2) is 51.4 Å². The summed E-state index contributed by atoms with van der Waals surface area (Å²) in [5.74, 6) is 0.846. The van der Waals surface area contributed by atoms with E-state index in [1.807, 2.05) is 25.4 Å². The van der Waals surface area contributed by atoms with Crippen molar-refractivity contribution in [2.75, 3.05) is 36.5 Å². The fourth-order valence-electron chi connectivity index (χ4n) is 2.85. The molecule has 4 heterocycles. The van der Waals surface area contributed by atoms with Gasteiger partial charge in [0.15, 0.2) is 5.13 Å². The summed E-state index contributed by atoms with van der Waals surface area (Å²) in [5.41, 5.74) is 1.84. The van der Waals surface area contributed by atoms with Crippen LogP contribution in [0.5, 0.6) is 0 Å². The molecule has 10 heteroatoms. The Morgan fingerprint density at radius 3 is 2.82 bits per heavy atom. The highest BCUT2D eigenvalue weighted by Gasteiger charge is 2.14. The van der Waals surface area contributed by atoms with Crippen molar-refractivity contribution in [2.24, 2.45) is 0 Å². The van der Waals surface area contributed by atoms with Crippen LogP contribution in [0.25, 0.3) is 10.4 Å². The maximum Gasteiger partial charge on any atom is 0.223 e. The Kier molecular flexibility index (Phi) is 5.60. The number of anilines is 2. The molecule has 0 spiro atoms. The van der Waals surface area contributed by atoms with Crippen molar-refractivity contribution >= 4 is 40.1 Å². The highest BCUT2D eigenvalue weighted by molar-refractivity contribution is 7.97. The van der Waals surface area contributed by atoms with Crippen LogP contribution in [0, 0.1) is 6.92 Å². The zero-order chi connectivity index (χ0) is 19.5. The number of hydrogen-bond acceptors (Lipinski definition) is 8. The molecule has 146 valence electrons. The number of amides is 1. The highest BCUT2D eigenvalue weighted by atomic mass is 32.2. The number of hydrogen-bond donors (Lipinski definition) is 1. The molecule has 0 bridgehead atoms. The number of nitrogens with one attached hydrogen (secondary N) is 1. The monoisotopic (exact) mass is 416 g/mol. The average Bonchev–Trinajstić information content (AvgIpc) is 3.29. The summed E-state index contributed by atoms with van der Waals surface area (Å²) in [6, 6.07) is 4.09. The first-order chi connectivity index (χ1) is 13.6. The molecule has 3 aromatic rings. The van der Waals surface area contributed by atoms with Crippen molar-refractivity contribution in [2.45, 2.75) is 18.7 Å². The molecule has 0 unspecified atom stereocenters. The van der Waals surface area contributed by atoms with Crippen molar-refractivity contribution in [3.63, 3.8) is 0 Å². The van der Waals surface area contributed by atoms with Gasteiger partial charge in [-0.3, -0.25) is 4.79 Å². The van der Waals surface area contributed by atoms with Gasteiger partial charge < -0.3 is 15.0 Å². The van der Waals surface area contributed by atoms with Gasteiger partial charge in [0.1, 0.15) is 5.82 Å². The van der Waals surface area contributed by atoms with Crippen LogP contribution in [-0.2, 0) is 9.53 Å². The van der Waals surface area contributed by atoms with Crippen molar-refractivity contribution < 1.29 is 9.53 Å². The second-order valence-electron chi connectivity index (χ2n) is 6.29. The molecule has 0 radical (unpaired) electrons. The molecule has 4 rings (SSSR count). The molecule has 0 aromatic carbocycles. The third kappa shape index (κ3) is 4.34. The Morgan fingerprint density at radius 1 is 1.29 bits per heavy atom. The van der Waals surface area contributed by atoms with Crippen LogP contribution in [0.3, 0.4) is 0 Å². The van der Waals surface area contributed by atoms with Crippen LogP contribution in [0.15, 0.2) is 35.6 Å². The molecule has 3 aromatic heterocycles. The lowest BCUT2D eigenvalue weighted by Gasteiger charge is -2.27. The number of carbonyl (C=O) groups is 1. The van der Waals surface area contributed by atoms with E-state index < -0.39 is 0 Å².